The van der Waals surface area contributed by atoms with Crippen molar-refractivity contribution in [2.24, 2.45) is 5.73 Å². The highest BCUT2D eigenvalue weighted by molar-refractivity contribution is 5.85. The van der Waals surface area contributed by atoms with Crippen LogP contribution < -0.4 is 5.73 Å². The van der Waals surface area contributed by atoms with Crippen LogP contribution >= 0.6 is 24.8 Å². The van der Waals surface area contributed by atoms with E-state index in [4.69, 9.17) is 5.73 Å². The third kappa shape index (κ3) is 2.96. The van der Waals surface area contributed by atoms with Crippen LogP contribution in [0, 0.1) is 0 Å². The predicted octanol–water partition coefficient (Wildman–Crippen LogP) is -0.253. The fourth-order valence-electron chi connectivity index (χ4n) is 2.51. The molecule has 0 saturated carbocycles. The Balaban J connectivity index is 0.000000980. The van der Waals surface area contributed by atoms with E-state index in [1.807, 2.05) is 0 Å². The molecule has 0 aromatic rings. The van der Waals surface area contributed by atoms with Crippen molar-refractivity contribution in [2.45, 2.75) is 43.6 Å². The van der Waals surface area contributed by atoms with Gasteiger partial charge in [-0.15, -0.1) is 24.8 Å². The van der Waals surface area contributed by atoms with Crippen molar-refractivity contribution < 1.29 is 10.2 Å². The topological polar surface area (TPSA) is 69.7 Å². The average Bonchev–Trinajstić information content (AvgIpc) is 2.15. The second kappa shape index (κ2) is 6.23. The van der Waals surface area contributed by atoms with Gasteiger partial charge in [-0.1, -0.05) is 6.42 Å². The van der Waals surface area contributed by atoms with Gasteiger partial charge in [0.1, 0.15) is 0 Å². The quantitative estimate of drug-likeness (QED) is 0.561. The zero-order valence-electron chi connectivity index (χ0n) is 8.58. The first kappa shape index (κ1) is 15.4. The second-order valence-corrected chi connectivity index (χ2v) is 4.19. The van der Waals surface area contributed by atoms with E-state index in [-0.39, 0.29) is 36.9 Å². The normalized spacial score (nSPS) is 41.0. The first-order valence-corrected chi connectivity index (χ1v) is 5.06. The first-order chi connectivity index (χ1) is 6.20. The summed E-state index contributed by atoms with van der Waals surface area (Å²) < 4.78 is 0. The Morgan fingerprint density at radius 3 is 2.47 bits per heavy atom. The maximum absolute atomic E-state index is 9.58. The van der Waals surface area contributed by atoms with Crippen LogP contribution in [-0.2, 0) is 0 Å². The summed E-state index contributed by atoms with van der Waals surface area (Å²) >= 11 is 0. The minimum absolute atomic E-state index is 0. The molecular formula is C9H20Cl2N2O2. The van der Waals surface area contributed by atoms with Crippen molar-refractivity contribution in [3.8, 4) is 0 Å². The number of nitrogens with zero attached hydrogens (tertiary/aromatic N) is 1. The van der Waals surface area contributed by atoms with Crippen LogP contribution in [-0.4, -0.2) is 52.5 Å². The number of aliphatic hydroxyl groups is 2. The fourth-order valence-corrected chi connectivity index (χ4v) is 2.51. The Hall–Kier alpha value is 0.420. The maximum Gasteiger partial charge on any atom is 0.0977 e. The van der Waals surface area contributed by atoms with Crippen LogP contribution in [0.2, 0.25) is 0 Å². The van der Waals surface area contributed by atoms with Gasteiger partial charge in [-0.2, -0.15) is 0 Å². The Morgan fingerprint density at radius 1 is 1.13 bits per heavy atom. The van der Waals surface area contributed by atoms with E-state index >= 15 is 0 Å². The lowest BCUT2D eigenvalue weighted by Crippen LogP contribution is -2.65. The molecule has 0 bridgehead atoms. The molecule has 2 saturated heterocycles. The highest BCUT2D eigenvalue weighted by Gasteiger charge is 2.40. The number of nitrogens with two attached hydrogens (primary N) is 1. The van der Waals surface area contributed by atoms with Crippen LogP contribution in [0.25, 0.3) is 0 Å². The number of halogens is 2. The van der Waals surface area contributed by atoms with Crippen LogP contribution in [0.5, 0.6) is 0 Å². The molecule has 92 valence electrons. The molecule has 0 radical (unpaired) electrons. The third-order valence-corrected chi connectivity index (χ3v) is 3.32. The zero-order chi connectivity index (χ0) is 9.42. The standard InChI is InChI=1S/C9H18N2O2.2ClH/c10-8-6-3-1-2-4-11(6)5-7(12)9(8)13;;/h6-9,12-13H,1-5,10H2;2*1H/t6-,7+,8-,9-;;/m0../s1. The minimum Gasteiger partial charge on any atom is -0.389 e. The molecule has 0 spiro atoms. The summed E-state index contributed by atoms with van der Waals surface area (Å²) in [7, 11) is 0. The van der Waals surface area contributed by atoms with E-state index in [1.165, 1.54) is 12.8 Å². The predicted molar refractivity (Wildman–Crippen MR) is 63.7 cm³/mol. The van der Waals surface area contributed by atoms with E-state index in [2.05, 4.69) is 4.90 Å². The van der Waals surface area contributed by atoms with Crippen LogP contribution in [0.15, 0.2) is 0 Å². The molecule has 4 nitrogen and oxygen atoms in total. The van der Waals surface area contributed by atoms with Gasteiger partial charge in [0, 0.05) is 18.6 Å². The Morgan fingerprint density at radius 2 is 1.80 bits per heavy atom. The SMILES string of the molecule is Cl.Cl.N[C@@H]1[C@@H](O)[C@H](O)CN2CCCC[C@@H]12. The summed E-state index contributed by atoms with van der Waals surface area (Å²) in [6, 6.07) is 0.0104. The van der Waals surface area contributed by atoms with Gasteiger partial charge >= 0.3 is 0 Å². The monoisotopic (exact) mass is 258 g/mol. The molecular weight excluding hydrogens is 239 g/mol. The third-order valence-electron chi connectivity index (χ3n) is 3.32. The van der Waals surface area contributed by atoms with Crippen molar-refractivity contribution in [3.63, 3.8) is 0 Å². The summed E-state index contributed by atoms with van der Waals surface area (Å²) in [6.07, 6.45) is 2.04. The average molecular weight is 259 g/mol. The maximum atomic E-state index is 9.58. The zero-order valence-corrected chi connectivity index (χ0v) is 10.2. The number of aliphatic hydroxyl groups excluding tert-OH is 2. The Kier molecular flexibility index (Phi) is 6.40. The fraction of sp³-hybridized carbons (Fsp3) is 1.00. The van der Waals surface area contributed by atoms with Crippen LogP contribution in [0.1, 0.15) is 19.3 Å². The lowest BCUT2D eigenvalue weighted by molar-refractivity contribution is -0.0828. The van der Waals surface area contributed by atoms with E-state index in [1.54, 1.807) is 0 Å². The summed E-state index contributed by atoms with van der Waals surface area (Å²) in [5, 5.41) is 19.1. The van der Waals surface area contributed by atoms with Gasteiger partial charge in [0.2, 0.25) is 0 Å². The minimum atomic E-state index is -0.737. The van der Waals surface area contributed by atoms with E-state index in [0.29, 0.717) is 6.54 Å². The number of rotatable bonds is 0. The summed E-state index contributed by atoms with van der Waals surface area (Å²) in [5.41, 5.74) is 5.87. The molecule has 0 amide bonds. The highest BCUT2D eigenvalue weighted by atomic mass is 35.5. The molecule has 2 aliphatic rings. The van der Waals surface area contributed by atoms with Crippen molar-refractivity contribution in [3.05, 3.63) is 0 Å². The van der Waals surface area contributed by atoms with Crippen molar-refractivity contribution >= 4 is 24.8 Å². The van der Waals surface area contributed by atoms with E-state index < -0.39 is 12.2 Å². The molecule has 0 aromatic carbocycles. The number of hydrogen-bond acceptors (Lipinski definition) is 4. The number of hydrogen-bond donors (Lipinski definition) is 3. The molecule has 0 aliphatic carbocycles. The van der Waals surface area contributed by atoms with E-state index in [9.17, 15) is 10.2 Å². The van der Waals surface area contributed by atoms with Gasteiger partial charge in [0.15, 0.2) is 0 Å². The lowest BCUT2D eigenvalue weighted by atomic mass is 9.86. The molecule has 2 fully saturated rings. The smallest absolute Gasteiger partial charge is 0.0977 e. The molecule has 0 aromatic heterocycles. The number of fused-ring (bicyclic) bond motifs is 1. The van der Waals surface area contributed by atoms with Crippen molar-refractivity contribution in [1.29, 1.82) is 0 Å². The van der Waals surface area contributed by atoms with Crippen molar-refractivity contribution in [2.75, 3.05) is 13.1 Å². The second-order valence-electron chi connectivity index (χ2n) is 4.19. The molecule has 0 unspecified atom stereocenters. The first-order valence-electron chi connectivity index (χ1n) is 5.06. The molecule has 15 heavy (non-hydrogen) atoms. The van der Waals surface area contributed by atoms with Gasteiger partial charge in [-0.3, -0.25) is 4.90 Å². The van der Waals surface area contributed by atoms with Crippen molar-refractivity contribution in [1.82, 2.24) is 4.90 Å². The molecule has 4 N–H and O–H groups in total. The summed E-state index contributed by atoms with van der Waals surface area (Å²) in [6.45, 7) is 1.60. The Labute approximate surface area is 103 Å². The van der Waals surface area contributed by atoms with E-state index in [0.717, 1.165) is 13.0 Å². The molecule has 2 heterocycles. The molecule has 4 atom stereocenters. The lowest BCUT2D eigenvalue weighted by Gasteiger charge is -2.47. The van der Waals surface area contributed by atoms with Gasteiger partial charge in [-0.25, -0.2) is 0 Å². The molecule has 2 aliphatic heterocycles. The molecule has 6 heteroatoms. The van der Waals surface area contributed by atoms with Gasteiger partial charge < -0.3 is 15.9 Å². The summed E-state index contributed by atoms with van der Waals surface area (Å²) in [5.74, 6) is 0. The summed E-state index contributed by atoms with van der Waals surface area (Å²) in [4.78, 5) is 2.21. The van der Waals surface area contributed by atoms with Gasteiger partial charge in [0.25, 0.3) is 0 Å². The highest BCUT2D eigenvalue weighted by Crippen LogP contribution is 2.25. The largest absolute Gasteiger partial charge is 0.389 e. The Bertz CT molecular complexity index is 195. The van der Waals surface area contributed by atoms with Crippen LogP contribution in [0.3, 0.4) is 0 Å². The van der Waals surface area contributed by atoms with Gasteiger partial charge in [0.05, 0.1) is 12.2 Å². The molecule has 2 rings (SSSR count). The van der Waals surface area contributed by atoms with Gasteiger partial charge in [-0.05, 0) is 19.4 Å². The number of piperidine rings is 2. The van der Waals surface area contributed by atoms with Crippen LogP contribution in [0.4, 0.5) is 0 Å².